The Morgan fingerprint density at radius 2 is 1.69 bits per heavy atom. The summed E-state index contributed by atoms with van der Waals surface area (Å²) in [5.41, 5.74) is 0.494. The van der Waals surface area contributed by atoms with Crippen molar-refractivity contribution in [2.45, 2.75) is 0 Å². The van der Waals surface area contributed by atoms with Crippen molar-refractivity contribution in [3.8, 4) is 0 Å². The summed E-state index contributed by atoms with van der Waals surface area (Å²) in [7, 11) is 0. The lowest BCUT2D eigenvalue weighted by atomic mass is 10.2. The quantitative estimate of drug-likeness (QED) is 0.866. The third-order valence-electron chi connectivity index (χ3n) is 4.47. The zero-order chi connectivity index (χ0) is 18.5. The second-order valence-electron chi connectivity index (χ2n) is 6.13. The monoisotopic (exact) mass is 379 g/mol. The van der Waals surface area contributed by atoms with Crippen LogP contribution in [-0.4, -0.2) is 50.1 Å². The minimum absolute atomic E-state index is 0.0982. The van der Waals surface area contributed by atoms with Gasteiger partial charge in [-0.25, -0.2) is 8.78 Å². The van der Waals surface area contributed by atoms with Gasteiger partial charge in [0.05, 0.1) is 16.3 Å². The number of carbonyl (C=O) groups is 1. The van der Waals surface area contributed by atoms with E-state index in [-0.39, 0.29) is 16.4 Å². The Kier molecular flexibility index (Phi) is 6.06. The SMILES string of the molecule is O=C(NCCN1CCN(c2ccccc2F)CC1)c1c(F)cccc1Cl. The summed E-state index contributed by atoms with van der Waals surface area (Å²) in [6.07, 6.45) is 0. The molecule has 2 aromatic rings. The lowest BCUT2D eigenvalue weighted by molar-refractivity contribution is 0.0944. The summed E-state index contributed by atoms with van der Waals surface area (Å²) >= 11 is 5.89. The molecule has 0 saturated carbocycles. The van der Waals surface area contributed by atoms with Crippen molar-refractivity contribution in [2.24, 2.45) is 0 Å². The Balaban J connectivity index is 1.46. The van der Waals surface area contributed by atoms with Crippen LogP contribution in [0.1, 0.15) is 10.4 Å². The highest BCUT2D eigenvalue weighted by Gasteiger charge is 2.20. The molecular weight excluding hydrogens is 360 g/mol. The van der Waals surface area contributed by atoms with Crippen molar-refractivity contribution in [3.05, 3.63) is 64.7 Å². The zero-order valence-electron chi connectivity index (χ0n) is 14.2. The van der Waals surface area contributed by atoms with E-state index in [1.165, 1.54) is 24.3 Å². The van der Waals surface area contributed by atoms with Gasteiger partial charge < -0.3 is 10.2 Å². The molecule has 1 saturated heterocycles. The first-order valence-electron chi connectivity index (χ1n) is 8.50. The van der Waals surface area contributed by atoms with E-state index < -0.39 is 11.7 Å². The van der Waals surface area contributed by atoms with E-state index in [2.05, 4.69) is 10.2 Å². The van der Waals surface area contributed by atoms with E-state index >= 15 is 0 Å². The largest absolute Gasteiger partial charge is 0.367 e. The molecule has 4 nitrogen and oxygen atoms in total. The average molecular weight is 380 g/mol. The second-order valence-corrected chi connectivity index (χ2v) is 6.54. The molecule has 0 spiro atoms. The minimum Gasteiger partial charge on any atom is -0.367 e. The predicted octanol–water partition coefficient (Wildman–Crippen LogP) is 3.17. The van der Waals surface area contributed by atoms with Gasteiger partial charge in [-0.3, -0.25) is 9.69 Å². The number of carbonyl (C=O) groups excluding carboxylic acids is 1. The van der Waals surface area contributed by atoms with Gasteiger partial charge in [-0.05, 0) is 24.3 Å². The maximum atomic E-state index is 13.8. The van der Waals surface area contributed by atoms with Crippen LogP contribution in [0.4, 0.5) is 14.5 Å². The fraction of sp³-hybridized carbons (Fsp3) is 0.316. The van der Waals surface area contributed by atoms with Gasteiger partial charge in [0.15, 0.2) is 0 Å². The number of amides is 1. The number of anilines is 1. The Morgan fingerprint density at radius 3 is 2.38 bits per heavy atom. The number of benzene rings is 2. The van der Waals surface area contributed by atoms with Crippen molar-refractivity contribution in [1.29, 1.82) is 0 Å². The van der Waals surface area contributed by atoms with Gasteiger partial charge in [-0.2, -0.15) is 0 Å². The highest BCUT2D eigenvalue weighted by molar-refractivity contribution is 6.33. The molecule has 3 rings (SSSR count). The number of nitrogens with zero attached hydrogens (tertiary/aromatic N) is 2. The molecule has 1 fully saturated rings. The third kappa shape index (κ3) is 4.31. The van der Waals surface area contributed by atoms with Gasteiger partial charge in [0.25, 0.3) is 5.91 Å². The van der Waals surface area contributed by atoms with E-state index in [1.54, 1.807) is 12.1 Å². The van der Waals surface area contributed by atoms with E-state index in [1.807, 2.05) is 11.0 Å². The van der Waals surface area contributed by atoms with Gasteiger partial charge in [0, 0.05) is 39.3 Å². The van der Waals surface area contributed by atoms with E-state index in [0.717, 1.165) is 13.1 Å². The lowest BCUT2D eigenvalue weighted by Gasteiger charge is -2.36. The second kappa shape index (κ2) is 8.47. The summed E-state index contributed by atoms with van der Waals surface area (Å²) in [6.45, 7) is 4.00. The molecule has 1 heterocycles. The summed E-state index contributed by atoms with van der Waals surface area (Å²) in [5.74, 6) is -1.36. The maximum Gasteiger partial charge on any atom is 0.255 e. The first-order valence-corrected chi connectivity index (χ1v) is 8.88. The molecule has 1 aliphatic heterocycles. The van der Waals surface area contributed by atoms with Crippen LogP contribution in [0.3, 0.4) is 0 Å². The standard InChI is InChI=1S/C19H20ClF2N3O/c20-14-4-3-6-16(22)18(14)19(26)23-8-9-24-10-12-25(13-11-24)17-7-2-1-5-15(17)21/h1-7H,8-13H2,(H,23,26). The summed E-state index contributed by atoms with van der Waals surface area (Å²) in [5, 5.41) is 2.80. The number of hydrogen-bond acceptors (Lipinski definition) is 3. The molecule has 1 amide bonds. The lowest BCUT2D eigenvalue weighted by Crippen LogP contribution is -2.48. The Hall–Kier alpha value is -2.18. The topological polar surface area (TPSA) is 35.6 Å². The normalized spacial score (nSPS) is 15.1. The van der Waals surface area contributed by atoms with Crippen LogP contribution < -0.4 is 10.2 Å². The highest BCUT2D eigenvalue weighted by atomic mass is 35.5. The van der Waals surface area contributed by atoms with Crippen molar-refractivity contribution in [1.82, 2.24) is 10.2 Å². The number of para-hydroxylation sites is 1. The molecule has 0 bridgehead atoms. The van der Waals surface area contributed by atoms with Crippen molar-refractivity contribution >= 4 is 23.2 Å². The van der Waals surface area contributed by atoms with Gasteiger partial charge in [-0.1, -0.05) is 29.8 Å². The smallest absolute Gasteiger partial charge is 0.255 e. The Morgan fingerprint density at radius 1 is 1.00 bits per heavy atom. The molecule has 0 unspecified atom stereocenters. The molecule has 0 radical (unpaired) electrons. The maximum absolute atomic E-state index is 13.8. The fourth-order valence-corrected chi connectivity index (χ4v) is 3.30. The Bertz CT molecular complexity index is 759. The molecule has 0 aliphatic carbocycles. The molecule has 138 valence electrons. The van der Waals surface area contributed by atoms with Gasteiger partial charge >= 0.3 is 0 Å². The molecule has 0 aromatic heterocycles. The number of halogens is 3. The fourth-order valence-electron chi connectivity index (χ4n) is 3.05. The van der Waals surface area contributed by atoms with Crippen LogP contribution in [-0.2, 0) is 0 Å². The number of rotatable bonds is 5. The first kappa shape index (κ1) is 18.6. The molecule has 7 heteroatoms. The number of piperazine rings is 1. The van der Waals surface area contributed by atoms with Crippen LogP contribution in [0.15, 0.2) is 42.5 Å². The summed E-state index contributed by atoms with van der Waals surface area (Å²) in [6, 6.07) is 10.9. The van der Waals surface area contributed by atoms with Crippen LogP contribution in [0.25, 0.3) is 0 Å². The van der Waals surface area contributed by atoms with Crippen LogP contribution in [0, 0.1) is 11.6 Å². The molecular formula is C19H20ClF2N3O. The number of hydrogen-bond donors (Lipinski definition) is 1. The highest BCUT2D eigenvalue weighted by Crippen LogP contribution is 2.20. The average Bonchev–Trinajstić information content (AvgIpc) is 2.63. The predicted molar refractivity (Wildman–Crippen MR) is 98.8 cm³/mol. The van der Waals surface area contributed by atoms with Crippen molar-refractivity contribution in [2.75, 3.05) is 44.2 Å². The molecule has 26 heavy (non-hydrogen) atoms. The molecule has 1 N–H and O–H groups in total. The minimum atomic E-state index is -0.631. The van der Waals surface area contributed by atoms with Gasteiger partial charge in [-0.15, -0.1) is 0 Å². The van der Waals surface area contributed by atoms with Gasteiger partial charge in [0.1, 0.15) is 11.6 Å². The van der Waals surface area contributed by atoms with E-state index in [9.17, 15) is 13.6 Å². The van der Waals surface area contributed by atoms with E-state index in [0.29, 0.717) is 31.9 Å². The van der Waals surface area contributed by atoms with Crippen molar-refractivity contribution < 1.29 is 13.6 Å². The van der Waals surface area contributed by atoms with E-state index in [4.69, 9.17) is 11.6 Å². The van der Waals surface area contributed by atoms with Crippen LogP contribution in [0.5, 0.6) is 0 Å². The summed E-state index contributed by atoms with van der Waals surface area (Å²) < 4.78 is 27.6. The first-order chi connectivity index (χ1) is 12.6. The molecule has 2 aromatic carbocycles. The van der Waals surface area contributed by atoms with Gasteiger partial charge in [0.2, 0.25) is 0 Å². The zero-order valence-corrected chi connectivity index (χ0v) is 15.0. The third-order valence-corrected chi connectivity index (χ3v) is 4.78. The summed E-state index contributed by atoms with van der Waals surface area (Å²) in [4.78, 5) is 16.3. The Labute approximate surface area is 156 Å². The van der Waals surface area contributed by atoms with Crippen molar-refractivity contribution in [3.63, 3.8) is 0 Å². The van der Waals surface area contributed by atoms with Crippen LogP contribution in [0.2, 0.25) is 5.02 Å². The molecule has 0 atom stereocenters. The number of nitrogens with one attached hydrogen (secondary N) is 1. The van der Waals surface area contributed by atoms with Crippen LogP contribution >= 0.6 is 11.6 Å². The molecule has 1 aliphatic rings.